The molecule has 1 amide bonds. The fraction of sp³-hybridized carbons (Fsp3) is 0.273. The molecule has 1 saturated heterocycles. The Bertz CT molecular complexity index is 991. The maximum absolute atomic E-state index is 12.8. The number of aliphatic hydroxyl groups is 1. The van der Waals surface area contributed by atoms with Crippen LogP contribution in [0, 0.1) is 0 Å². The number of pyridine rings is 1. The third-order valence-corrected chi connectivity index (χ3v) is 5.01. The van der Waals surface area contributed by atoms with Crippen molar-refractivity contribution in [2.75, 3.05) is 20.2 Å². The van der Waals surface area contributed by atoms with Gasteiger partial charge in [0.1, 0.15) is 23.7 Å². The molecule has 1 aromatic heterocycles. The van der Waals surface area contributed by atoms with Crippen LogP contribution in [0.2, 0.25) is 0 Å². The van der Waals surface area contributed by atoms with Gasteiger partial charge >= 0.3 is 0 Å². The lowest BCUT2D eigenvalue weighted by Crippen LogP contribution is -2.51. The third kappa shape index (κ3) is 3.64. The first kappa shape index (κ1) is 18.3. The molecule has 0 saturated carbocycles. The Hall–Kier alpha value is -3.12. The Morgan fingerprint density at radius 3 is 2.86 bits per heavy atom. The van der Waals surface area contributed by atoms with Crippen LogP contribution in [-0.4, -0.2) is 53.3 Å². The quantitative estimate of drug-likeness (QED) is 0.756. The molecule has 28 heavy (non-hydrogen) atoms. The molecule has 0 spiro atoms. The topological polar surface area (TPSA) is 71.9 Å². The normalized spacial score (nSPS) is 19.4. The molecule has 6 heteroatoms. The molecule has 0 radical (unpaired) electrons. The maximum atomic E-state index is 12.8. The average Bonchev–Trinajstić information content (AvgIpc) is 2.74. The van der Waals surface area contributed by atoms with Crippen LogP contribution in [0.25, 0.3) is 10.9 Å². The molecule has 1 N–H and O–H groups in total. The summed E-state index contributed by atoms with van der Waals surface area (Å²) in [6.45, 7) is 0.727. The largest absolute Gasteiger partial charge is 0.496 e. The second-order valence-electron chi connectivity index (χ2n) is 6.82. The van der Waals surface area contributed by atoms with Crippen LogP contribution in [0.15, 0.2) is 60.8 Å². The van der Waals surface area contributed by atoms with E-state index < -0.39 is 6.10 Å². The van der Waals surface area contributed by atoms with Crippen LogP contribution in [0.1, 0.15) is 16.8 Å². The minimum atomic E-state index is -0.767. The first-order valence-corrected chi connectivity index (χ1v) is 9.27. The summed E-state index contributed by atoms with van der Waals surface area (Å²) in [6, 6.07) is 16.6. The Kier molecular flexibility index (Phi) is 5.12. The number of fused-ring (bicyclic) bond motifs is 1. The number of rotatable bonds is 4. The highest BCUT2D eigenvalue weighted by Gasteiger charge is 2.32. The van der Waals surface area contributed by atoms with E-state index in [9.17, 15) is 9.90 Å². The van der Waals surface area contributed by atoms with E-state index in [0.717, 1.165) is 10.9 Å². The van der Waals surface area contributed by atoms with Crippen LogP contribution in [-0.2, 0) is 0 Å². The Morgan fingerprint density at radius 1 is 1.18 bits per heavy atom. The number of carbonyl (C=O) groups excluding carboxylic acids is 1. The van der Waals surface area contributed by atoms with Crippen LogP contribution in [0.5, 0.6) is 11.5 Å². The van der Waals surface area contributed by atoms with Gasteiger partial charge in [0.2, 0.25) is 0 Å². The van der Waals surface area contributed by atoms with E-state index in [4.69, 9.17) is 9.47 Å². The number of para-hydroxylation sites is 1. The van der Waals surface area contributed by atoms with Gasteiger partial charge in [-0.05, 0) is 36.4 Å². The van der Waals surface area contributed by atoms with Gasteiger partial charge in [0, 0.05) is 24.5 Å². The van der Waals surface area contributed by atoms with Crippen molar-refractivity contribution in [3.63, 3.8) is 0 Å². The molecule has 1 aliphatic heterocycles. The van der Waals surface area contributed by atoms with Crippen LogP contribution < -0.4 is 9.47 Å². The van der Waals surface area contributed by atoms with E-state index in [1.54, 1.807) is 36.4 Å². The third-order valence-electron chi connectivity index (χ3n) is 5.01. The molecule has 2 atom stereocenters. The van der Waals surface area contributed by atoms with Gasteiger partial charge in [-0.25, -0.2) is 0 Å². The fourth-order valence-corrected chi connectivity index (χ4v) is 3.53. The number of aliphatic hydroxyl groups excluding tert-OH is 1. The zero-order valence-corrected chi connectivity index (χ0v) is 15.6. The highest BCUT2D eigenvalue weighted by Crippen LogP contribution is 2.25. The van der Waals surface area contributed by atoms with Crippen molar-refractivity contribution in [3.8, 4) is 11.5 Å². The van der Waals surface area contributed by atoms with Crippen molar-refractivity contribution in [1.82, 2.24) is 9.88 Å². The number of hydrogen-bond donors (Lipinski definition) is 1. The van der Waals surface area contributed by atoms with Gasteiger partial charge in [-0.15, -0.1) is 0 Å². The molecule has 2 aromatic carbocycles. The van der Waals surface area contributed by atoms with E-state index in [1.807, 2.05) is 36.4 Å². The van der Waals surface area contributed by atoms with Gasteiger partial charge in [0.25, 0.3) is 5.91 Å². The molecule has 144 valence electrons. The minimum absolute atomic E-state index is 0.147. The lowest BCUT2D eigenvalue weighted by molar-refractivity contribution is -0.0199. The van der Waals surface area contributed by atoms with Crippen molar-refractivity contribution in [2.24, 2.45) is 0 Å². The summed E-state index contributed by atoms with van der Waals surface area (Å²) in [5, 5.41) is 11.6. The molecule has 4 rings (SSSR count). The van der Waals surface area contributed by atoms with E-state index in [-0.39, 0.29) is 18.6 Å². The lowest BCUT2D eigenvalue weighted by Gasteiger charge is -2.36. The number of piperidine rings is 1. The number of benzene rings is 2. The number of β-amino-alcohol motifs (C(OH)–C–C–N with tert-alkyl or cyclic N) is 1. The maximum Gasteiger partial charge on any atom is 0.257 e. The number of nitrogens with zero attached hydrogens (tertiary/aromatic N) is 2. The number of methoxy groups -OCH3 is 1. The summed E-state index contributed by atoms with van der Waals surface area (Å²) in [5.74, 6) is 1.07. The second kappa shape index (κ2) is 7.86. The van der Waals surface area contributed by atoms with E-state index in [0.29, 0.717) is 30.0 Å². The SMILES string of the molecule is COc1ccccc1C(=O)N1CC[C@@H](Oc2ccc3ncccc3c2)[C@H](O)C1. The standard InChI is InChI=1S/C22H22N2O4/c1-27-20-7-3-2-6-17(20)22(26)24-12-10-21(19(25)14-24)28-16-8-9-18-15(13-16)5-4-11-23-18/h2-9,11,13,19,21,25H,10,12,14H2,1H3/t19-,21-/m1/s1. The smallest absolute Gasteiger partial charge is 0.257 e. The predicted octanol–water partition coefficient (Wildman–Crippen LogP) is 2.90. The number of hydrogen-bond acceptors (Lipinski definition) is 5. The van der Waals surface area contributed by atoms with Gasteiger partial charge in [-0.1, -0.05) is 18.2 Å². The van der Waals surface area contributed by atoms with Crippen molar-refractivity contribution < 1.29 is 19.4 Å². The number of aromatic nitrogens is 1. The summed E-state index contributed by atoms with van der Waals surface area (Å²) in [7, 11) is 1.54. The lowest BCUT2D eigenvalue weighted by atomic mass is 10.0. The number of amides is 1. The zero-order valence-electron chi connectivity index (χ0n) is 15.6. The first-order chi connectivity index (χ1) is 13.7. The molecule has 2 heterocycles. The van der Waals surface area contributed by atoms with E-state index in [1.165, 1.54) is 0 Å². The highest BCUT2D eigenvalue weighted by atomic mass is 16.5. The average molecular weight is 378 g/mol. The number of ether oxygens (including phenoxy) is 2. The monoisotopic (exact) mass is 378 g/mol. The van der Waals surface area contributed by atoms with Crippen molar-refractivity contribution in [3.05, 3.63) is 66.4 Å². The second-order valence-corrected chi connectivity index (χ2v) is 6.82. The molecule has 1 fully saturated rings. The van der Waals surface area contributed by atoms with Gasteiger partial charge in [-0.3, -0.25) is 9.78 Å². The Labute approximate surface area is 163 Å². The Balaban J connectivity index is 1.44. The van der Waals surface area contributed by atoms with Crippen molar-refractivity contribution in [2.45, 2.75) is 18.6 Å². The number of likely N-dealkylation sites (tertiary alicyclic amines) is 1. The van der Waals surface area contributed by atoms with Crippen molar-refractivity contribution >= 4 is 16.8 Å². The number of carbonyl (C=O) groups is 1. The fourth-order valence-electron chi connectivity index (χ4n) is 3.53. The van der Waals surface area contributed by atoms with E-state index in [2.05, 4.69) is 4.98 Å². The molecular weight excluding hydrogens is 356 g/mol. The summed E-state index contributed by atoms with van der Waals surface area (Å²) >= 11 is 0. The summed E-state index contributed by atoms with van der Waals surface area (Å²) < 4.78 is 11.3. The molecule has 6 nitrogen and oxygen atoms in total. The zero-order chi connectivity index (χ0) is 19.5. The van der Waals surface area contributed by atoms with Gasteiger partial charge in [0.05, 0.1) is 24.7 Å². The van der Waals surface area contributed by atoms with Gasteiger partial charge < -0.3 is 19.5 Å². The molecule has 0 aliphatic carbocycles. The van der Waals surface area contributed by atoms with Gasteiger partial charge in [0.15, 0.2) is 0 Å². The predicted molar refractivity (Wildman–Crippen MR) is 106 cm³/mol. The van der Waals surface area contributed by atoms with E-state index >= 15 is 0 Å². The molecule has 0 bridgehead atoms. The first-order valence-electron chi connectivity index (χ1n) is 9.27. The van der Waals surface area contributed by atoms with Crippen molar-refractivity contribution in [1.29, 1.82) is 0 Å². The van der Waals surface area contributed by atoms with Crippen LogP contribution in [0.3, 0.4) is 0 Å². The highest BCUT2D eigenvalue weighted by molar-refractivity contribution is 5.97. The van der Waals surface area contributed by atoms with Gasteiger partial charge in [-0.2, -0.15) is 0 Å². The summed E-state index contributed by atoms with van der Waals surface area (Å²) in [6.07, 6.45) is 1.17. The van der Waals surface area contributed by atoms with Crippen LogP contribution in [0.4, 0.5) is 0 Å². The summed E-state index contributed by atoms with van der Waals surface area (Å²) in [5.41, 5.74) is 1.39. The van der Waals surface area contributed by atoms with Crippen LogP contribution >= 0.6 is 0 Å². The summed E-state index contributed by atoms with van der Waals surface area (Å²) in [4.78, 5) is 18.8. The minimum Gasteiger partial charge on any atom is -0.496 e. The molecule has 3 aromatic rings. The molecule has 1 aliphatic rings. The molecular formula is C22H22N2O4. The molecule has 0 unspecified atom stereocenters. The Morgan fingerprint density at radius 2 is 2.04 bits per heavy atom.